The zero-order chi connectivity index (χ0) is 12.5. The van der Waals surface area contributed by atoms with Crippen molar-refractivity contribution in [2.24, 2.45) is 34.8 Å². The fraction of sp³-hybridized carbons (Fsp3) is 1.00. The predicted octanol–water partition coefficient (Wildman–Crippen LogP) is 0.984. The van der Waals surface area contributed by atoms with Gasteiger partial charge in [0, 0.05) is 0 Å². The molecule has 0 amide bonds. The van der Waals surface area contributed by atoms with Gasteiger partial charge in [-0.15, -0.1) is 0 Å². The first kappa shape index (κ1) is 13.3. The zero-order valence-corrected chi connectivity index (χ0v) is 10.8. The summed E-state index contributed by atoms with van der Waals surface area (Å²) >= 11 is 0. The van der Waals surface area contributed by atoms with Gasteiger partial charge < -0.3 is 22.9 Å². The van der Waals surface area contributed by atoms with Gasteiger partial charge >= 0.3 is 0 Å². The maximum Gasteiger partial charge on any atom is 0.0665 e. The second-order valence-corrected chi connectivity index (χ2v) is 6.35. The van der Waals surface area contributed by atoms with Crippen molar-refractivity contribution in [3.05, 3.63) is 0 Å². The van der Waals surface area contributed by atoms with Crippen molar-refractivity contribution in [2.75, 3.05) is 0 Å². The Morgan fingerprint density at radius 3 is 1.47 bits per heavy atom. The lowest BCUT2D eigenvalue weighted by molar-refractivity contribution is 0.105. The highest BCUT2D eigenvalue weighted by molar-refractivity contribution is 4.95. The molecule has 0 aliphatic heterocycles. The molecule has 4 heteroatoms. The second kappa shape index (κ2) is 4.84. The van der Waals surface area contributed by atoms with Crippen LogP contribution < -0.4 is 22.9 Å². The molecule has 8 N–H and O–H groups in total. The Bertz CT molecular complexity index is 236. The minimum Gasteiger partial charge on any atom is -0.313 e. The van der Waals surface area contributed by atoms with Gasteiger partial charge in [-0.1, -0.05) is 25.7 Å². The fourth-order valence-corrected chi connectivity index (χ4v) is 3.61. The van der Waals surface area contributed by atoms with E-state index >= 15 is 0 Å². The van der Waals surface area contributed by atoms with Gasteiger partial charge in [0.25, 0.3) is 0 Å². The first-order valence-electron chi connectivity index (χ1n) is 7.07. The standard InChI is InChI=1S/C13H28N4/c14-12(15)7-3-1-5-10(12)9-11-6-2-4-8-13(11,16)17/h10-11H,1-9,14-17H2. The molecule has 0 heterocycles. The maximum atomic E-state index is 6.22. The van der Waals surface area contributed by atoms with Gasteiger partial charge in [0.05, 0.1) is 11.3 Å². The fourth-order valence-electron chi connectivity index (χ4n) is 3.61. The van der Waals surface area contributed by atoms with Crippen LogP contribution in [0.2, 0.25) is 0 Å². The van der Waals surface area contributed by atoms with Gasteiger partial charge in [0.2, 0.25) is 0 Å². The van der Waals surface area contributed by atoms with E-state index in [0.717, 1.165) is 44.9 Å². The van der Waals surface area contributed by atoms with Crippen molar-refractivity contribution < 1.29 is 0 Å². The largest absolute Gasteiger partial charge is 0.313 e. The van der Waals surface area contributed by atoms with E-state index in [2.05, 4.69) is 0 Å². The molecule has 0 radical (unpaired) electrons. The smallest absolute Gasteiger partial charge is 0.0665 e. The third-order valence-corrected chi connectivity index (χ3v) is 4.91. The van der Waals surface area contributed by atoms with E-state index in [4.69, 9.17) is 22.9 Å². The molecule has 0 bridgehead atoms. The van der Waals surface area contributed by atoms with Gasteiger partial charge in [-0.3, -0.25) is 0 Å². The molecule has 2 unspecified atom stereocenters. The van der Waals surface area contributed by atoms with Gasteiger partial charge in [0.1, 0.15) is 0 Å². The van der Waals surface area contributed by atoms with Crippen molar-refractivity contribution in [3.63, 3.8) is 0 Å². The molecule has 2 rings (SSSR count). The monoisotopic (exact) mass is 240 g/mol. The summed E-state index contributed by atoms with van der Waals surface area (Å²) in [6.07, 6.45) is 9.97. The van der Waals surface area contributed by atoms with Crippen LogP contribution in [0.15, 0.2) is 0 Å². The summed E-state index contributed by atoms with van der Waals surface area (Å²) in [6, 6.07) is 0. The number of rotatable bonds is 2. The quantitative estimate of drug-likeness (QED) is 0.540. The SMILES string of the molecule is NC1(N)CCCCC1CC1CCCCC1(N)N. The van der Waals surface area contributed by atoms with Crippen LogP contribution in [0.1, 0.15) is 57.8 Å². The molecule has 2 atom stereocenters. The van der Waals surface area contributed by atoms with Crippen LogP contribution in [0.5, 0.6) is 0 Å². The Morgan fingerprint density at radius 1 is 0.706 bits per heavy atom. The lowest BCUT2D eigenvalue weighted by Gasteiger charge is -2.44. The van der Waals surface area contributed by atoms with Gasteiger partial charge in [-0.25, -0.2) is 0 Å². The summed E-state index contributed by atoms with van der Waals surface area (Å²) in [5, 5.41) is 0. The van der Waals surface area contributed by atoms with E-state index in [9.17, 15) is 0 Å². The van der Waals surface area contributed by atoms with Crippen LogP contribution in [0.4, 0.5) is 0 Å². The van der Waals surface area contributed by atoms with E-state index in [0.29, 0.717) is 11.8 Å². The highest BCUT2D eigenvalue weighted by atomic mass is 15.0. The molecule has 17 heavy (non-hydrogen) atoms. The molecule has 0 aromatic heterocycles. The summed E-state index contributed by atoms with van der Waals surface area (Å²) in [4.78, 5) is 0. The maximum absolute atomic E-state index is 6.22. The average molecular weight is 240 g/mol. The first-order chi connectivity index (χ1) is 7.92. The average Bonchev–Trinajstić information content (AvgIpc) is 2.23. The molecule has 2 aliphatic rings. The molecule has 2 fully saturated rings. The van der Waals surface area contributed by atoms with Crippen molar-refractivity contribution in [2.45, 2.75) is 69.1 Å². The van der Waals surface area contributed by atoms with Gasteiger partial charge in [0.15, 0.2) is 0 Å². The van der Waals surface area contributed by atoms with Crippen LogP contribution in [-0.4, -0.2) is 11.3 Å². The third-order valence-electron chi connectivity index (χ3n) is 4.91. The normalized spacial score (nSPS) is 36.7. The minimum atomic E-state index is -0.494. The molecule has 0 spiro atoms. The van der Waals surface area contributed by atoms with Crippen molar-refractivity contribution in [1.82, 2.24) is 0 Å². The minimum absolute atomic E-state index is 0.394. The van der Waals surface area contributed by atoms with E-state index < -0.39 is 11.3 Å². The molecule has 4 nitrogen and oxygen atoms in total. The molecule has 0 aromatic carbocycles. The lowest BCUT2D eigenvalue weighted by atomic mass is 9.69. The topological polar surface area (TPSA) is 104 Å². The highest BCUT2D eigenvalue weighted by Crippen LogP contribution is 2.39. The molecule has 100 valence electrons. The van der Waals surface area contributed by atoms with Gasteiger partial charge in [-0.2, -0.15) is 0 Å². The zero-order valence-electron chi connectivity index (χ0n) is 10.8. The second-order valence-electron chi connectivity index (χ2n) is 6.35. The van der Waals surface area contributed by atoms with E-state index in [-0.39, 0.29) is 0 Å². The Labute approximate surface area is 104 Å². The summed E-state index contributed by atoms with van der Waals surface area (Å²) in [5.74, 6) is 0.789. The summed E-state index contributed by atoms with van der Waals surface area (Å²) in [6.45, 7) is 0. The Hall–Kier alpha value is -0.160. The van der Waals surface area contributed by atoms with Crippen molar-refractivity contribution >= 4 is 0 Å². The molecule has 0 saturated heterocycles. The van der Waals surface area contributed by atoms with Crippen LogP contribution >= 0.6 is 0 Å². The van der Waals surface area contributed by atoms with E-state index in [1.165, 1.54) is 12.8 Å². The highest BCUT2D eigenvalue weighted by Gasteiger charge is 2.40. The molecule has 0 aromatic rings. The predicted molar refractivity (Wildman–Crippen MR) is 70.7 cm³/mol. The Morgan fingerprint density at radius 2 is 1.12 bits per heavy atom. The number of hydrogen-bond acceptors (Lipinski definition) is 4. The Kier molecular flexibility index (Phi) is 3.78. The Balaban J connectivity index is 1.99. The summed E-state index contributed by atoms with van der Waals surface area (Å²) in [7, 11) is 0. The van der Waals surface area contributed by atoms with E-state index in [1.807, 2.05) is 0 Å². The summed E-state index contributed by atoms with van der Waals surface area (Å²) < 4.78 is 0. The lowest BCUT2D eigenvalue weighted by Crippen LogP contribution is -2.61. The van der Waals surface area contributed by atoms with Crippen LogP contribution in [0.25, 0.3) is 0 Å². The van der Waals surface area contributed by atoms with Crippen molar-refractivity contribution in [1.29, 1.82) is 0 Å². The van der Waals surface area contributed by atoms with Gasteiger partial charge in [-0.05, 0) is 43.9 Å². The number of nitrogens with two attached hydrogens (primary N) is 4. The molecular formula is C13H28N4. The van der Waals surface area contributed by atoms with E-state index in [1.54, 1.807) is 0 Å². The first-order valence-corrected chi connectivity index (χ1v) is 7.07. The van der Waals surface area contributed by atoms with Crippen LogP contribution in [0.3, 0.4) is 0 Å². The van der Waals surface area contributed by atoms with Crippen LogP contribution in [0, 0.1) is 11.8 Å². The molecule has 2 aliphatic carbocycles. The molecular weight excluding hydrogens is 212 g/mol. The third kappa shape index (κ3) is 2.99. The number of hydrogen-bond donors (Lipinski definition) is 4. The summed E-state index contributed by atoms with van der Waals surface area (Å²) in [5.41, 5.74) is 23.9. The van der Waals surface area contributed by atoms with Crippen molar-refractivity contribution in [3.8, 4) is 0 Å². The molecule has 2 saturated carbocycles. The van der Waals surface area contributed by atoms with Crippen LogP contribution in [-0.2, 0) is 0 Å².